The van der Waals surface area contributed by atoms with E-state index >= 15 is 0 Å². The van der Waals surface area contributed by atoms with Crippen LogP contribution in [0.5, 0.6) is 0 Å². The van der Waals surface area contributed by atoms with E-state index in [1.54, 1.807) is 6.07 Å². The van der Waals surface area contributed by atoms with Crippen molar-refractivity contribution in [3.05, 3.63) is 52.8 Å². The van der Waals surface area contributed by atoms with Crippen LogP contribution in [-0.4, -0.2) is 26.1 Å². The minimum atomic E-state index is -4.65. The first-order valence-corrected chi connectivity index (χ1v) is 7.00. The summed E-state index contributed by atoms with van der Waals surface area (Å²) in [7, 11) is 0. The van der Waals surface area contributed by atoms with Gasteiger partial charge in [0.1, 0.15) is 11.5 Å². The van der Waals surface area contributed by atoms with Gasteiger partial charge in [-0.25, -0.2) is 14.3 Å². The van der Waals surface area contributed by atoms with E-state index < -0.39 is 17.6 Å². The molecular weight excluding hydrogens is 335 g/mol. The molecule has 0 aliphatic rings. The number of halogens is 3. The Morgan fingerprint density at radius 3 is 2.68 bits per heavy atom. The van der Waals surface area contributed by atoms with Gasteiger partial charge in [-0.2, -0.15) is 18.2 Å². The average molecular weight is 345 g/mol. The van der Waals surface area contributed by atoms with Crippen LogP contribution in [0.2, 0.25) is 0 Å². The molecule has 0 unspecified atom stereocenters. The molecule has 6 nitrogen and oxygen atoms in total. The maximum absolute atomic E-state index is 13.0. The fourth-order valence-electron chi connectivity index (χ4n) is 2.25. The Labute approximate surface area is 139 Å². The van der Waals surface area contributed by atoms with Crippen molar-refractivity contribution in [2.75, 3.05) is 11.9 Å². The molecule has 0 radical (unpaired) electrons. The van der Waals surface area contributed by atoms with Crippen LogP contribution in [0.4, 0.5) is 19.0 Å². The lowest BCUT2D eigenvalue weighted by molar-refractivity contribution is -0.141. The Kier molecular flexibility index (Phi) is 4.10. The van der Waals surface area contributed by atoms with E-state index in [1.165, 1.54) is 24.5 Å². The van der Waals surface area contributed by atoms with Gasteiger partial charge < -0.3 is 5.32 Å². The number of nitrogens with one attached hydrogen (secondary N) is 1. The maximum Gasteiger partial charge on any atom is 0.433 e. The predicted octanol–water partition coefficient (Wildman–Crippen LogP) is 2.24. The number of hydrogen-bond acceptors (Lipinski definition) is 5. The number of terminal acetylenes is 1. The van der Waals surface area contributed by atoms with Crippen LogP contribution in [0.3, 0.4) is 0 Å². The lowest BCUT2D eigenvalue weighted by Crippen LogP contribution is -2.25. The summed E-state index contributed by atoms with van der Waals surface area (Å²) in [6.45, 7) is 0.0550. The third-order valence-corrected chi connectivity index (χ3v) is 3.29. The van der Waals surface area contributed by atoms with Crippen LogP contribution >= 0.6 is 0 Å². The number of alkyl halides is 3. The molecule has 1 N–H and O–H groups in total. The zero-order valence-corrected chi connectivity index (χ0v) is 12.6. The standard InChI is InChI=1S/C16H10F3N5O/c1-2-7-21-13-11-5-6-12(16(17,18)19)22-14(11)24(15(25)23-13)10-4-3-8-20-9-10/h1,3-6,8-9H,7H2,(H,21,23,25). The van der Waals surface area contributed by atoms with E-state index in [2.05, 4.69) is 26.2 Å². The molecule has 3 rings (SSSR count). The van der Waals surface area contributed by atoms with Gasteiger partial charge in [0.25, 0.3) is 0 Å². The highest BCUT2D eigenvalue weighted by atomic mass is 19.4. The molecule has 0 aliphatic carbocycles. The predicted molar refractivity (Wildman–Crippen MR) is 85.3 cm³/mol. The van der Waals surface area contributed by atoms with Crippen LogP contribution in [0.1, 0.15) is 5.69 Å². The molecule has 3 aromatic heterocycles. The summed E-state index contributed by atoms with van der Waals surface area (Å²) in [5.74, 6) is 2.38. The molecule has 0 aromatic carbocycles. The first-order chi connectivity index (χ1) is 11.9. The number of rotatable bonds is 3. The minimum absolute atomic E-state index is 0.0550. The van der Waals surface area contributed by atoms with Crippen molar-refractivity contribution in [2.45, 2.75) is 6.18 Å². The molecule has 0 aliphatic heterocycles. The fourth-order valence-corrected chi connectivity index (χ4v) is 2.25. The minimum Gasteiger partial charge on any atom is -0.358 e. The van der Waals surface area contributed by atoms with Gasteiger partial charge in [0.15, 0.2) is 5.65 Å². The monoisotopic (exact) mass is 345 g/mol. The third-order valence-electron chi connectivity index (χ3n) is 3.29. The average Bonchev–Trinajstić information content (AvgIpc) is 2.59. The normalized spacial score (nSPS) is 11.3. The molecule has 3 heterocycles. The highest BCUT2D eigenvalue weighted by Crippen LogP contribution is 2.30. The van der Waals surface area contributed by atoms with E-state index in [-0.39, 0.29) is 29.1 Å². The van der Waals surface area contributed by atoms with E-state index in [9.17, 15) is 18.0 Å². The number of aromatic nitrogens is 4. The number of nitrogens with zero attached hydrogens (tertiary/aromatic N) is 4. The number of pyridine rings is 2. The van der Waals surface area contributed by atoms with Crippen LogP contribution in [0.25, 0.3) is 16.7 Å². The Balaban J connectivity index is 2.36. The van der Waals surface area contributed by atoms with E-state index in [0.717, 1.165) is 10.6 Å². The van der Waals surface area contributed by atoms with Crippen molar-refractivity contribution in [3.63, 3.8) is 0 Å². The molecule has 3 aromatic rings. The molecule has 0 amide bonds. The van der Waals surface area contributed by atoms with Crippen LogP contribution in [0, 0.1) is 12.3 Å². The lowest BCUT2D eigenvalue weighted by atomic mass is 10.2. The van der Waals surface area contributed by atoms with Gasteiger partial charge >= 0.3 is 11.9 Å². The van der Waals surface area contributed by atoms with Gasteiger partial charge in [0.05, 0.1) is 23.8 Å². The first-order valence-electron chi connectivity index (χ1n) is 7.00. The lowest BCUT2D eigenvalue weighted by Gasteiger charge is -2.14. The molecule has 126 valence electrons. The number of fused-ring (bicyclic) bond motifs is 1. The summed E-state index contributed by atoms with van der Waals surface area (Å²) in [4.78, 5) is 23.8. The Morgan fingerprint density at radius 1 is 1.24 bits per heavy atom. The summed E-state index contributed by atoms with van der Waals surface area (Å²) in [5, 5.41) is 2.95. The Morgan fingerprint density at radius 2 is 2.04 bits per heavy atom. The second kappa shape index (κ2) is 6.24. The van der Waals surface area contributed by atoms with E-state index in [0.29, 0.717) is 0 Å². The molecular formula is C16H10F3N5O. The topological polar surface area (TPSA) is 72.7 Å². The quantitative estimate of drug-likeness (QED) is 0.737. The molecule has 0 spiro atoms. The van der Waals surface area contributed by atoms with Crippen molar-refractivity contribution in [1.82, 2.24) is 19.5 Å². The van der Waals surface area contributed by atoms with Gasteiger partial charge in [-0.15, -0.1) is 6.42 Å². The summed E-state index contributed by atoms with van der Waals surface area (Å²) in [6, 6.07) is 5.09. The molecule has 0 saturated heterocycles. The van der Waals surface area contributed by atoms with Crippen LogP contribution < -0.4 is 11.0 Å². The van der Waals surface area contributed by atoms with Crippen molar-refractivity contribution >= 4 is 16.9 Å². The Bertz CT molecular complexity index is 1020. The molecule has 25 heavy (non-hydrogen) atoms. The third kappa shape index (κ3) is 3.14. The van der Waals surface area contributed by atoms with E-state index in [1.807, 2.05) is 0 Å². The van der Waals surface area contributed by atoms with Gasteiger partial charge in [0, 0.05) is 6.20 Å². The zero-order valence-electron chi connectivity index (χ0n) is 12.6. The molecule has 0 atom stereocenters. The summed E-state index contributed by atoms with van der Waals surface area (Å²) in [5.41, 5.74) is -1.86. The SMILES string of the molecule is C#CCNc1nc(=O)n(-c2cccnc2)c2nc(C(F)(F)F)ccc12. The van der Waals surface area contributed by atoms with Crippen LogP contribution in [-0.2, 0) is 6.18 Å². The first kappa shape index (κ1) is 16.4. The van der Waals surface area contributed by atoms with Gasteiger partial charge in [0.2, 0.25) is 0 Å². The van der Waals surface area contributed by atoms with Crippen molar-refractivity contribution in [3.8, 4) is 18.0 Å². The van der Waals surface area contributed by atoms with Crippen molar-refractivity contribution in [2.24, 2.45) is 0 Å². The second-order valence-electron chi connectivity index (χ2n) is 4.91. The zero-order chi connectivity index (χ0) is 18.0. The second-order valence-corrected chi connectivity index (χ2v) is 4.91. The van der Waals surface area contributed by atoms with Gasteiger partial charge in [-0.1, -0.05) is 5.92 Å². The Hall–Kier alpha value is -3.41. The van der Waals surface area contributed by atoms with E-state index in [4.69, 9.17) is 6.42 Å². The molecule has 0 bridgehead atoms. The highest BCUT2D eigenvalue weighted by Gasteiger charge is 2.33. The summed E-state index contributed by atoms with van der Waals surface area (Å²) in [6.07, 6.45) is 3.32. The molecule has 9 heteroatoms. The summed E-state index contributed by atoms with van der Waals surface area (Å²) >= 11 is 0. The smallest absolute Gasteiger partial charge is 0.358 e. The number of hydrogen-bond donors (Lipinski definition) is 1. The molecule has 0 fully saturated rings. The largest absolute Gasteiger partial charge is 0.433 e. The van der Waals surface area contributed by atoms with Gasteiger partial charge in [-0.3, -0.25) is 4.98 Å². The van der Waals surface area contributed by atoms with Gasteiger partial charge in [-0.05, 0) is 24.3 Å². The van der Waals surface area contributed by atoms with Crippen molar-refractivity contribution in [1.29, 1.82) is 0 Å². The number of anilines is 1. The highest BCUT2D eigenvalue weighted by molar-refractivity contribution is 5.87. The van der Waals surface area contributed by atoms with Crippen LogP contribution in [0.15, 0.2) is 41.5 Å². The molecule has 0 saturated carbocycles. The summed E-state index contributed by atoms with van der Waals surface area (Å²) < 4.78 is 40.1. The van der Waals surface area contributed by atoms with Crippen molar-refractivity contribution < 1.29 is 13.2 Å². The fraction of sp³-hybridized carbons (Fsp3) is 0.125. The maximum atomic E-state index is 13.0.